The predicted octanol–water partition coefficient (Wildman–Crippen LogP) is 1.22. The first-order chi connectivity index (χ1) is 15.5. The summed E-state index contributed by atoms with van der Waals surface area (Å²) in [6.07, 6.45) is -2.08. The Balaban J connectivity index is 0.000000383. The molecular formula is C21H25F3N4O5. The molecule has 0 radical (unpaired) electrons. The summed E-state index contributed by atoms with van der Waals surface area (Å²) in [7, 11) is 0. The van der Waals surface area contributed by atoms with Crippen molar-refractivity contribution in [3.8, 4) is 0 Å². The van der Waals surface area contributed by atoms with Crippen LogP contribution in [0.4, 0.5) is 18.0 Å². The van der Waals surface area contributed by atoms with E-state index in [1.54, 1.807) is 0 Å². The van der Waals surface area contributed by atoms with Gasteiger partial charge in [0.25, 0.3) is 0 Å². The number of nitrogens with one attached hydrogen (secondary N) is 1. The molecule has 0 aromatic heterocycles. The fourth-order valence-corrected chi connectivity index (χ4v) is 4.18. The van der Waals surface area contributed by atoms with Crippen LogP contribution in [-0.2, 0) is 27.3 Å². The van der Waals surface area contributed by atoms with Crippen molar-refractivity contribution in [2.24, 2.45) is 0 Å². The molecule has 3 aliphatic heterocycles. The Labute approximate surface area is 188 Å². The van der Waals surface area contributed by atoms with Gasteiger partial charge in [0.05, 0.1) is 0 Å². The Bertz CT molecular complexity index is 915. The largest absolute Gasteiger partial charge is 0.490 e. The van der Waals surface area contributed by atoms with Crippen molar-refractivity contribution in [1.82, 2.24) is 20.0 Å². The van der Waals surface area contributed by atoms with E-state index >= 15 is 0 Å². The third-order valence-electron chi connectivity index (χ3n) is 5.93. The number of piperidine rings is 1. The van der Waals surface area contributed by atoms with Gasteiger partial charge in [-0.1, -0.05) is 24.3 Å². The van der Waals surface area contributed by atoms with Gasteiger partial charge in [-0.3, -0.25) is 19.8 Å². The molecule has 2 N–H and O–H groups in total. The molecule has 0 aliphatic carbocycles. The normalized spacial score (nSPS) is 19.5. The SMILES string of the molecule is O=C(O)C(F)(F)F.O=C1CN(CC(=O)N2CCC(N3CCc4ccccc4C3)CC2)C(=O)N1. The molecule has 1 aromatic carbocycles. The van der Waals surface area contributed by atoms with Gasteiger partial charge in [-0.05, 0) is 30.4 Å². The number of fused-ring (bicyclic) bond motifs is 1. The fraction of sp³-hybridized carbons (Fsp3) is 0.524. The molecule has 180 valence electrons. The monoisotopic (exact) mass is 470 g/mol. The van der Waals surface area contributed by atoms with Crippen LogP contribution in [0.3, 0.4) is 0 Å². The molecule has 12 heteroatoms. The van der Waals surface area contributed by atoms with E-state index in [1.165, 1.54) is 16.0 Å². The molecule has 9 nitrogen and oxygen atoms in total. The van der Waals surface area contributed by atoms with Gasteiger partial charge in [0.1, 0.15) is 13.1 Å². The second-order valence-electron chi connectivity index (χ2n) is 8.11. The first-order valence-corrected chi connectivity index (χ1v) is 10.5. The molecule has 3 aliphatic rings. The molecule has 2 fully saturated rings. The summed E-state index contributed by atoms with van der Waals surface area (Å²) in [5.74, 6) is -3.17. The molecule has 0 saturated carbocycles. The van der Waals surface area contributed by atoms with Gasteiger partial charge in [-0.15, -0.1) is 0 Å². The van der Waals surface area contributed by atoms with Gasteiger partial charge in [0, 0.05) is 32.2 Å². The number of carbonyl (C=O) groups excluding carboxylic acids is 3. The zero-order valence-electron chi connectivity index (χ0n) is 17.8. The number of rotatable bonds is 3. The van der Waals surface area contributed by atoms with Crippen LogP contribution in [0, 0.1) is 0 Å². The van der Waals surface area contributed by atoms with E-state index in [0.29, 0.717) is 19.1 Å². The highest BCUT2D eigenvalue weighted by Gasteiger charge is 2.38. The molecule has 0 bridgehead atoms. The van der Waals surface area contributed by atoms with Crippen LogP contribution in [0.2, 0.25) is 0 Å². The van der Waals surface area contributed by atoms with E-state index in [2.05, 4.69) is 34.5 Å². The first kappa shape index (κ1) is 24.5. The van der Waals surface area contributed by atoms with E-state index in [4.69, 9.17) is 9.90 Å². The van der Waals surface area contributed by atoms with Gasteiger partial charge in [-0.25, -0.2) is 9.59 Å². The van der Waals surface area contributed by atoms with Crippen molar-refractivity contribution in [3.63, 3.8) is 0 Å². The van der Waals surface area contributed by atoms with E-state index < -0.39 is 18.2 Å². The van der Waals surface area contributed by atoms with Crippen molar-refractivity contribution in [3.05, 3.63) is 35.4 Å². The second-order valence-corrected chi connectivity index (χ2v) is 8.11. The molecule has 1 aromatic rings. The highest BCUT2D eigenvalue weighted by molar-refractivity contribution is 6.03. The number of hydrogen-bond donors (Lipinski definition) is 2. The lowest BCUT2D eigenvalue weighted by molar-refractivity contribution is -0.192. The number of urea groups is 1. The van der Waals surface area contributed by atoms with Crippen molar-refractivity contribution in [1.29, 1.82) is 0 Å². The highest BCUT2D eigenvalue weighted by Crippen LogP contribution is 2.25. The van der Waals surface area contributed by atoms with E-state index in [1.807, 2.05) is 4.90 Å². The number of hydrogen-bond acceptors (Lipinski definition) is 5. The summed E-state index contributed by atoms with van der Waals surface area (Å²) in [6.45, 7) is 3.46. The summed E-state index contributed by atoms with van der Waals surface area (Å²) in [5.41, 5.74) is 2.87. The van der Waals surface area contributed by atoms with Crippen LogP contribution in [0.1, 0.15) is 24.0 Å². The Morgan fingerprint density at radius 3 is 2.18 bits per heavy atom. The topological polar surface area (TPSA) is 110 Å². The maximum atomic E-state index is 12.4. The number of carboxylic acid groups (broad SMARTS) is 1. The first-order valence-electron chi connectivity index (χ1n) is 10.5. The number of imide groups is 1. The highest BCUT2D eigenvalue weighted by atomic mass is 19.4. The lowest BCUT2D eigenvalue weighted by atomic mass is 9.95. The number of carbonyl (C=O) groups is 4. The third kappa shape index (κ3) is 6.44. The van der Waals surface area contributed by atoms with Gasteiger partial charge in [0.2, 0.25) is 11.8 Å². The zero-order chi connectivity index (χ0) is 24.2. The van der Waals surface area contributed by atoms with E-state index in [9.17, 15) is 27.6 Å². The molecule has 3 heterocycles. The van der Waals surface area contributed by atoms with Crippen molar-refractivity contribution in [2.75, 3.05) is 32.7 Å². The number of carboxylic acids is 1. The zero-order valence-corrected chi connectivity index (χ0v) is 17.8. The van der Waals surface area contributed by atoms with E-state index in [0.717, 1.165) is 32.4 Å². The average Bonchev–Trinajstić information content (AvgIpc) is 3.09. The van der Waals surface area contributed by atoms with Gasteiger partial charge in [0.15, 0.2) is 0 Å². The average molecular weight is 470 g/mol. The number of benzene rings is 1. The summed E-state index contributed by atoms with van der Waals surface area (Å²) < 4.78 is 31.7. The van der Waals surface area contributed by atoms with Crippen LogP contribution in [0.5, 0.6) is 0 Å². The van der Waals surface area contributed by atoms with Gasteiger partial charge < -0.3 is 14.9 Å². The number of halogens is 3. The van der Waals surface area contributed by atoms with Crippen molar-refractivity contribution < 1.29 is 37.5 Å². The maximum absolute atomic E-state index is 12.4. The Kier molecular flexibility index (Phi) is 7.57. The third-order valence-corrected chi connectivity index (χ3v) is 5.93. The fourth-order valence-electron chi connectivity index (χ4n) is 4.18. The van der Waals surface area contributed by atoms with Crippen LogP contribution in [0.25, 0.3) is 0 Å². The van der Waals surface area contributed by atoms with Gasteiger partial charge in [-0.2, -0.15) is 13.2 Å². The molecule has 0 unspecified atom stereocenters. The molecular weight excluding hydrogens is 445 g/mol. The Hall–Kier alpha value is -3.15. The molecule has 0 atom stereocenters. The molecule has 33 heavy (non-hydrogen) atoms. The quantitative estimate of drug-likeness (QED) is 0.643. The summed E-state index contributed by atoms with van der Waals surface area (Å²) in [4.78, 5) is 49.8. The Morgan fingerprint density at radius 2 is 1.64 bits per heavy atom. The molecule has 4 rings (SSSR count). The number of likely N-dealkylation sites (tertiary alicyclic amines) is 1. The number of aliphatic carboxylic acids is 1. The van der Waals surface area contributed by atoms with Crippen LogP contribution >= 0.6 is 0 Å². The van der Waals surface area contributed by atoms with Crippen LogP contribution < -0.4 is 5.32 Å². The van der Waals surface area contributed by atoms with Crippen molar-refractivity contribution >= 4 is 23.8 Å². The minimum Gasteiger partial charge on any atom is -0.475 e. The molecule has 4 amide bonds. The van der Waals surface area contributed by atoms with Crippen molar-refractivity contribution in [2.45, 2.75) is 38.0 Å². The van der Waals surface area contributed by atoms with Crippen LogP contribution in [-0.4, -0.2) is 88.6 Å². The molecule has 2 saturated heterocycles. The van der Waals surface area contributed by atoms with Gasteiger partial charge >= 0.3 is 18.2 Å². The standard InChI is InChI=1S/C19H24N4O3.C2HF3O2/c24-17-12-23(19(26)20-17)13-18(25)21-9-6-16(7-10-21)22-8-5-14-3-1-2-4-15(14)11-22;3-2(4,5)1(6)7/h1-4,16H,5-13H2,(H,20,24,26);(H,6,7). The lowest BCUT2D eigenvalue weighted by Gasteiger charge is -2.41. The number of nitrogens with zero attached hydrogens (tertiary/aromatic N) is 3. The lowest BCUT2D eigenvalue weighted by Crippen LogP contribution is -2.50. The van der Waals surface area contributed by atoms with E-state index in [-0.39, 0.29) is 24.9 Å². The minimum atomic E-state index is -5.08. The number of alkyl halides is 3. The summed E-state index contributed by atoms with van der Waals surface area (Å²) >= 11 is 0. The smallest absolute Gasteiger partial charge is 0.475 e. The maximum Gasteiger partial charge on any atom is 0.490 e. The Morgan fingerprint density at radius 1 is 1.03 bits per heavy atom. The minimum absolute atomic E-state index is 0.0146. The number of amides is 4. The summed E-state index contributed by atoms with van der Waals surface area (Å²) in [5, 5.41) is 9.33. The summed E-state index contributed by atoms with van der Waals surface area (Å²) in [6, 6.07) is 8.67. The molecule has 0 spiro atoms. The second kappa shape index (κ2) is 10.2. The predicted molar refractivity (Wildman–Crippen MR) is 109 cm³/mol. The van der Waals surface area contributed by atoms with Crippen LogP contribution in [0.15, 0.2) is 24.3 Å².